The second-order valence-corrected chi connectivity index (χ2v) is 3.08. The van der Waals surface area contributed by atoms with Crippen molar-refractivity contribution in [3.05, 3.63) is 24.0 Å². The average Bonchev–Trinajstić information content (AvgIpc) is 2.69. The number of nitrogen functional groups attached to an aromatic ring is 2. The first-order valence-electron chi connectivity index (χ1n) is 4.64. The van der Waals surface area contributed by atoms with Crippen LogP contribution in [0.3, 0.4) is 0 Å². The highest BCUT2D eigenvalue weighted by atomic mass is 15.3. The summed E-state index contributed by atoms with van der Waals surface area (Å²) in [6, 6.07) is 1.78. The minimum Gasteiger partial charge on any atom is -0.383 e. The number of hydrogen-bond donors (Lipinski definition) is 2. The molecule has 2 aromatic rings. The molecule has 0 aliphatic heterocycles. The van der Waals surface area contributed by atoms with Crippen molar-refractivity contribution in [1.29, 1.82) is 0 Å². The molecule has 78 valence electrons. The van der Waals surface area contributed by atoms with Gasteiger partial charge in [-0.15, -0.1) is 0 Å². The molecule has 0 aliphatic rings. The van der Waals surface area contributed by atoms with E-state index in [4.69, 9.17) is 11.5 Å². The molecule has 0 atom stereocenters. The van der Waals surface area contributed by atoms with Crippen LogP contribution in [-0.4, -0.2) is 19.7 Å². The summed E-state index contributed by atoms with van der Waals surface area (Å²) in [6.07, 6.45) is 4.10. The fourth-order valence-corrected chi connectivity index (χ4v) is 1.36. The van der Waals surface area contributed by atoms with Crippen LogP contribution in [0, 0.1) is 0 Å². The van der Waals surface area contributed by atoms with Gasteiger partial charge < -0.3 is 11.5 Å². The predicted molar refractivity (Wildman–Crippen MR) is 57.4 cm³/mol. The van der Waals surface area contributed by atoms with Gasteiger partial charge in [-0.2, -0.15) is 15.1 Å². The van der Waals surface area contributed by atoms with Gasteiger partial charge in [0.25, 0.3) is 5.95 Å². The molecule has 0 aliphatic carbocycles. The lowest BCUT2D eigenvalue weighted by Crippen LogP contribution is -2.10. The molecular weight excluding hydrogens is 192 g/mol. The Balaban J connectivity index is 2.53. The molecule has 0 radical (unpaired) electrons. The Morgan fingerprint density at radius 1 is 1.27 bits per heavy atom. The second-order valence-electron chi connectivity index (χ2n) is 3.08. The van der Waals surface area contributed by atoms with Crippen molar-refractivity contribution in [3.8, 4) is 5.95 Å². The maximum atomic E-state index is 5.77. The van der Waals surface area contributed by atoms with Crippen LogP contribution in [0.4, 0.5) is 11.6 Å². The first-order valence-corrected chi connectivity index (χ1v) is 4.64. The van der Waals surface area contributed by atoms with Gasteiger partial charge in [0.05, 0.1) is 0 Å². The van der Waals surface area contributed by atoms with E-state index in [0.717, 1.165) is 12.0 Å². The lowest BCUT2D eigenvalue weighted by atomic mass is 10.2. The Morgan fingerprint density at radius 2 is 1.93 bits per heavy atom. The van der Waals surface area contributed by atoms with Crippen LogP contribution in [-0.2, 0) is 6.42 Å². The highest BCUT2D eigenvalue weighted by molar-refractivity contribution is 5.54. The molecule has 0 bridgehead atoms. The fourth-order valence-electron chi connectivity index (χ4n) is 1.36. The predicted octanol–water partition coefficient (Wildman–Crippen LogP) is 0.389. The molecule has 0 fully saturated rings. The van der Waals surface area contributed by atoms with Crippen molar-refractivity contribution in [2.75, 3.05) is 11.5 Å². The van der Waals surface area contributed by atoms with Crippen molar-refractivity contribution >= 4 is 11.6 Å². The molecule has 0 saturated heterocycles. The van der Waals surface area contributed by atoms with Crippen LogP contribution >= 0.6 is 0 Å². The largest absolute Gasteiger partial charge is 0.383 e. The van der Waals surface area contributed by atoms with Crippen LogP contribution in [0.25, 0.3) is 5.95 Å². The van der Waals surface area contributed by atoms with Crippen molar-refractivity contribution in [2.45, 2.75) is 13.3 Å². The molecule has 4 N–H and O–H groups in total. The van der Waals surface area contributed by atoms with Gasteiger partial charge >= 0.3 is 0 Å². The molecule has 0 amide bonds. The number of hydrogen-bond acceptors (Lipinski definition) is 5. The minimum absolute atomic E-state index is 0.396. The van der Waals surface area contributed by atoms with Crippen molar-refractivity contribution in [3.63, 3.8) is 0 Å². The average molecular weight is 204 g/mol. The summed E-state index contributed by atoms with van der Waals surface area (Å²) in [4.78, 5) is 8.27. The zero-order chi connectivity index (χ0) is 10.8. The van der Waals surface area contributed by atoms with Crippen molar-refractivity contribution in [2.24, 2.45) is 0 Å². The zero-order valence-corrected chi connectivity index (χ0v) is 8.38. The van der Waals surface area contributed by atoms with E-state index < -0.39 is 0 Å². The van der Waals surface area contributed by atoms with Crippen LogP contribution in [0.2, 0.25) is 0 Å². The summed E-state index contributed by atoms with van der Waals surface area (Å²) in [5.41, 5.74) is 12.3. The van der Waals surface area contributed by atoms with E-state index in [1.54, 1.807) is 18.5 Å². The van der Waals surface area contributed by atoms with Gasteiger partial charge in [-0.1, -0.05) is 6.92 Å². The van der Waals surface area contributed by atoms with E-state index in [9.17, 15) is 0 Å². The van der Waals surface area contributed by atoms with Gasteiger partial charge in [0, 0.05) is 18.0 Å². The Bertz CT molecular complexity index is 438. The smallest absolute Gasteiger partial charge is 0.254 e. The molecule has 6 nitrogen and oxygen atoms in total. The van der Waals surface area contributed by atoms with E-state index in [1.165, 1.54) is 4.68 Å². The summed E-state index contributed by atoms with van der Waals surface area (Å²) in [7, 11) is 0. The normalized spacial score (nSPS) is 10.5. The quantitative estimate of drug-likeness (QED) is 0.737. The van der Waals surface area contributed by atoms with Gasteiger partial charge in [0.15, 0.2) is 0 Å². The molecule has 0 aromatic carbocycles. The SMILES string of the molecule is CCc1c(N)nc(-n2cccn2)nc1N. The third-order valence-corrected chi connectivity index (χ3v) is 2.12. The van der Waals surface area contributed by atoms with E-state index in [1.807, 2.05) is 6.92 Å². The third kappa shape index (κ3) is 1.61. The highest BCUT2D eigenvalue weighted by Gasteiger charge is 2.09. The molecule has 6 heteroatoms. The lowest BCUT2D eigenvalue weighted by molar-refractivity contribution is 0.808. The zero-order valence-electron chi connectivity index (χ0n) is 8.38. The monoisotopic (exact) mass is 204 g/mol. The summed E-state index contributed by atoms with van der Waals surface area (Å²) < 4.78 is 1.52. The summed E-state index contributed by atoms with van der Waals surface area (Å²) in [5.74, 6) is 1.22. The first-order chi connectivity index (χ1) is 7.22. The molecule has 2 heterocycles. The van der Waals surface area contributed by atoms with Gasteiger partial charge in [-0.05, 0) is 12.5 Å². The molecule has 2 aromatic heterocycles. The number of rotatable bonds is 2. The maximum Gasteiger partial charge on any atom is 0.254 e. The number of nitrogens with zero attached hydrogens (tertiary/aromatic N) is 4. The highest BCUT2D eigenvalue weighted by Crippen LogP contribution is 2.17. The molecule has 0 unspecified atom stereocenters. The molecular formula is C9H12N6. The second kappa shape index (κ2) is 3.56. The number of anilines is 2. The van der Waals surface area contributed by atoms with Gasteiger partial charge in [-0.3, -0.25) is 0 Å². The number of nitrogens with two attached hydrogens (primary N) is 2. The summed E-state index contributed by atoms with van der Waals surface area (Å²) in [5, 5.41) is 4.00. The standard InChI is InChI=1S/C9H12N6/c1-2-6-7(10)13-9(14-8(6)11)15-5-3-4-12-15/h3-5H,2H2,1H3,(H4,10,11,13,14). The van der Waals surface area contributed by atoms with Gasteiger partial charge in [0.1, 0.15) is 11.6 Å². The van der Waals surface area contributed by atoms with Crippen molar-refractivity contribution in [1.82, 2.24) is 19.7 Å². The maximum absolute atomic E-state index is 5.77. The summed E-state index contributed by atoms with van der Waals surface area (Å²) in [6.45, 7) is 1.96. The van der Waals surface area contributed by atoms with E-state index in [2.05, 4.69) is 15.1 Å². The molecule has 15 heavy (non-hydrogen) atoms. The van der Waals surface area contributed by atoms with Crippen molar-refractivity contribution < 1.29 is 0 Å². The van der Waals surface area contributed by atoms with E-state index >= 15 is 0 Å². The van der Waals surface area contributed by atoms with Crippen LogP contribution in [0.5, 0.6) is 0 Å². The van der Waals surface area contributed by atoms with Crippen LogP contribution in [0.15, 0.2) is 18.5 Å². The van der Waals surface area contributed by atoms with Gasteiger partial charge in [-0.25, -0.2) is 4.68 Å². The molecule has 0 saturated carbocycles. The lowest BCUT2D eigenvalue weighted by Gasteiger charge is -2.07. The first kappa shape index (κ1) is 9.45. The fraction of sp³-hybridized carbons (Fsp3) is 0.222. The topological polar surface area (TPSA) is 95.6 Å². The van der Waals surface area contributed by atoms with Crippen LogP contribution < -0.4 is 11.5 Å². The molecule has 2 rings (SSSR count). The van der Waals surface area contributed by atoms with Crippen LogP contribution in [0.1, 0.15) is 12.5 Å². The minimum atomic E-state index is 0.396. The Kier molecular flexibility index (Phi) is 2.24. The summed E-state index contributed by atoms with van der Waals surface area (Å²) >= 11 is 0. The Morgan fingerprint density at radius 3 is 2.40 bits per heavy atom. The van der Waals surface area contributed by atoms with E-state index in [0.29, 0.717) is 17.6 Å². The number of aromatic nitrogens is 4. The third-order valence-electron chi connectivity index (χ3n) is 2.12. The van der Waals surface area contributed by atoms with E-state index in [-0.39, 0.29) is 0 Å². The van der Waals surface area contributed by atoms with Gasteiger partial charge in [0.2, 0.25) is 0 Å². The Labute approximate surface area is 86.9 Å². The molecule has 0 spiro atoms. The Hall–Kier alpha value is -2.11.